The zero-order valence-electron chi connectivity index (χ0n) is 16.9. The smallest absolute Gasteiger partial charge is 0.257 e. The standard InChI is InChI=1S/C22H23Cl2N3O3S/c23-12-17-11-18-20(28)19(21(29)25-13-15-1-3-16(24)4-2-15)14-27(22(18)31-17)6-5-26-7-9-30-10-8-26/h1-4,11,14H,5-10,12-13H2,(H,25,29). The van der Waals surface area contributed by atoms with Gasteiger partial charge in [-0.15, -0.1) is 22.9 Å². The Kier molecular flexibility index (Phi) is 7.30. The molecule has 1 aromatic carbocycles. The number of halogens is 2. The number of nitrogens with one attached hydrogen (secondary N) is 1. The van der Waals surface area contributed by atoms with Crippen LogP contribution in [0.2, 0.25) is 5.02 Å². The Morgan fingerprint density at radius 2 is 1.90 bits per heavy atom. The van der Waals surface area contributed by atoms with Gasteiger partial charge in [-0.3, -0.25) is 14.5 Å². The van der Waals surface area contributed by atoms with Crippen LogP contribution >= 0.6 is 34.5 Å². The number of amides is 1. The van der Waals surface area contributed by atoms with Crippen molar-refractivity contribution in [3.63, 3.8) is 0 Å². The molecule has 0 aliphatic carbocycles. The Morgan fingerprint density at radius 1 is 1.16 bits per heavy atom. The molecule has 0 atom stereocenters. The number of nitrogens with zero attached hydrogens (tertiary/aromatic N) is 2. The summed E-state index contributed by atoms with van der Waals surface area (Å²) in [4.78, 5) is 30.0. The third-order valence-electron chi connectivity index (χ3n) is 5.30. The van der Waals surface area contributed by atoms with Crippen molar-refractivity contribution in [1.29, 1.82) is 0 Å². The fourth-order valence-corrected chi connectivity index (χ4v) is 4.94. The molecular formula is C22H23Cl2N3O3S. The lowest BCUT2D eigenvalue weighted by atomic mass is 10.2. The van der Waals surface area contributed by atoms with Crippen molar-refractivity contribution in [3.8, 4) is 0 Å². The summed E-state index contributed by atoms with van der Waals surface area (Å²) >= 11 is 13.4. The highest BCUT2D eigenvalue weighted by atomic mass is 35.5. The minimum atomic E-state index is -0.388. The summed E-state index contributed by atoms with van der Waals surface area (Å²) in [6, 6.07) is 9.03. The first-order chi connectivity index (χ1) is 15.0. The molecule has 1 saturated heterocycles. The molecular weight excluding hydrogens is 457 g/mol. The lowest BCUT2D eigenvalue weighted by Crippen LogP contribution is -2.38. The molecule has 0 unspecified atom stereocenters. The number of hydrogen-bond acceptors (Lipinski definition) is 5. The van der Waals surface area contributed by atoms with E-state index in [0.717, 1.165) is 48.1 Å². The second kappa shape index (κ2) is 10.1. The molecule has 3 heterocycles. The number of hydrogen-bond donors (Lipinski definition) is 1. The zero-order valence-corrected chi connectivity index (χ0v) is 19.2. The monoisotopic (exact) mass is 479 g/mol. The van der Waals surface area contributed by atoms with Crippen LogP contribution in [0.1, 0.15) is 20.8 Å². The first-order valence-electron chi connectivity index (χ1n) is 10.1. The van der Waals surface area contributed by atoms with E-state index in [1.807, 2.05) is 16.7 Å². The van der Waals surface area contributed by atoms with E-state index < -0.39 is 0 Å². The summed E-state index contributed by atoms with van der Waals surface area (Å²) in [5, 5.41) is 4.03. The summed E-state index contributed by atoms with van der Waals surface area (Å²) in [6.07, 6.45) is 1.68. The number of carbonyl (C=O) groups is 1. The summed E-state index contributed by atoms with van der Waals surface area (Å²) in [7, 11) is 0. The van der Waals surface area contributed by atoms with E-state index in [4.69, 9.17) is 27.9 Å². The number of morpholine rings is 1. The van der Waals surface area contributed by atoms with Crippen LogP contribution in [0.3, 0.4) is 0 Å². The third-order valence-corrected chi connectivity index (χ3v) is 7.17. The molecule has 0 spiro atoms. The van der Waals surface area contributed by atoms with Gasteiger partial charge in [-0.25, -0.2) is 0 Å². The van der Waals surface area contributed by atoms with Gasteiger partial charge in [0.25, 0.3) is 5.91 Å². The Morgan fingerprint density at radius 3 is 2.61 bits per heavy atom. The molecule has 1 aliphatic heterocycles. The number of thiophene rings is 1. The molecule has 1 aliphatic rings. The predicted octanol–water partition coefficient (Wildman–Crippen LogP) is 3.72. The van der Waals surface area contributed by atoms with Crippen molar-refractivity contribution in [2.45, 2.75) is 19.0 Å². The van der Waals surface area contributed by atoms with Crippen molar-refractivity contribution in [1.82, 2.24) is 14.8 Å². The zero-order chi connectivity index (χ0) is 21.8. The number of ether oxygens (including phenoxy) is 1. The van der Waals surface area contributed by atoms with Crippen molar-refractivity contribution < 1.29 is 9.53 Å². The highest BCUT2D eigenvalue weighted by Gasteiger charge is 2.18. The molecule has 1 N–H and O–H groups in total. The van der Waals surface area contributed by atoms with Gasteiger partial charge in [-0.1, -0.05) is 23.7 Å². The molecule has 9 heteroatoms. The average Bonchev–Trinajstić information content (AvgIpc) is 3.24. The predicted molar refractivity (Wildman–Crippen MR) is 126 cm³/mol. The molecule has 0 radical (unpaired) electrons. The van der Waals surface area contributed by atoms with Crippen LogP contribution in [0, 0.1) is 0 Å². The molecule has 1 fully saturated rings. The van der Waals surface area contributed by atoms with Gasteiger partial charge in [0.1, 0.15) is 10.4 Å². The van der Waals surface area contributed by atoms with Crippen LogP contribution in [-0.4, -0.2) is 48.2 Å². The van der Waals surface area contributed by atoms with E-state index in [9.17, 15) is 9.59 Å². The third kappa shape index (κ3) is 5.30. The molecule has 6 nitrogen and oxygen atoms in total. The number of fused-ring (bicyclic) bond motifs is 1. The van der Waals surface area contributed by atoms with Crippen LogP contribution in [0.5, 0.6) is 0 Å². The molecule has 0 bridgehead atoms. The lowest BCUT2D eigenvalue weighted by molar-refractivity contribution is 0.0365. The molecule has 4 rings (SSSR count). The van der Waals surface area contributed by atoms with E-state index in [1.165, 1.54) is 11.3 Å². The Hall–Kier alpha value is -1.90. The van der Waals surface area contributed by atoms with E-state index in [-0.39, 0.29) is 16.9 Å². The number of benzene rings is 1. The first-order valence-corrected chi connectivity index (χ1v) is 11.8. The maximum atomic E-state index is 13.1. The minimum Gasteiger partial charge on any atom is -0.379 e. The summed E-state index contributed by atoms with van der Waals surface area (Å²) < 4.78 is 7.42. The van der Waals surface area contributed by atoms with Crippen LogP contribution in [0.4, 0.5) is 0 Å². The van der Waals surface area contributed by atoms with Gasteiger partial charge in [0, 0.05) is 48.8 Å². The fourth-order valence-electron chi connectivity index (χ4n) is 3.57. The molecule has 1 amide bonds. The maximum absolute atomic E-state index is 13.1. The Labute approximate surface area is 194 Å². The van der Waals surface area contributed by atoms with Gasteiger partial charge in [0.05, 0.1) is 24.5 Å². The summed E-state index contributed by atoms with van der Waals surface area (Å²) in [6.45, 7) is 5.04. The maximum Gasteiger partial charge on any atom is 0.257 e. The van der Waals surface area contributed by atoms with Crippen LogP contribution in [-0.2, 0) is 23.7 Å². The van der Waals surface area contributed by atoms with Crippen LogP contribution in [0.15, 0.2) is 41.3 Å². The number of pyridine rings is 1. The van der Waals surface area contributed by atoms with Gasteiger partial charge < -0.3 is 14.6 Å². The normalized spacial score (nSPS) is 14.8. The Balaban J connectivity index is 1.59. The largest absolute Gasteiger partial charge is 0.379 e. The van der Waals surface area contributed by atoms with Gasteiger partial charge in [0.2, 0.25) is 5.43 Å². The van der Waals surface area contributed by atoms with Gasteiger partial charge in [0.15, 0.2) is 0 Å². The highest BCUT2D eigenvalue weighted by molar-refractivity contribution is 7.18. The number of alkyl halides is 1. The minimum absolute atomic E-state index is 0.141. The molecule has 31 heavy (non-hydrogen) atoms. The van der Waals surface area contributed by atoms with E-state index in [2.05, 4.69) is 10.2 Å². The quantitative estimate of drug-likeness (QED) is 0.524. The van der Waals surface area contributed by atoms with Crippen molar-refractivity contribution in [2.24, 2.45) is 0 Å². The molecule has 164 valence electrons. The van der Waals surface area contributed by atoms with Crippen molar-refractivity contribution >= 4 is 50.7 Å². The summed E-state index contributed by atoms with van der Waals surface area (Å²) in [5.41, 5.74) is 0.785. The van der Waals surface area contributed by atoms with Crippen molar-refractivity contribution in [2.75, 3.05) is 32.8 Å². The lowest BCUT2D eigenvalue weighted by Gasteiger charge is -2.27. The average molecular weight is 480 g/mol. The van der Waals surface area contributed by atoms with Gasteiger partial charge in [-0.05, 0) is 23.8 Å². The van der Waals surface area contributed by atoms with Crippen molar-refractivity contribution in [3.05, 3.63) is 67.8 Å². The SMILES string of the molecule is O=C(NCc1ccc(Cl)cc1)c1cn(CCN2CCOCC2)c2sc(CCl)cc2c1=O. The topological polar surface area (TPSA) is 63.6 Å². The van der Waals surface area contributed by atoms with E-state index >= 15 is 0 Å². The number of aromatic nitrogens is 1. The van der Waals surface area contributed by atoms with Gasteiger partial charge >= 0.3 is 0 Å². The second-order valence-corrected chi connectivity index (χ2v) is 9.21. The van der Waals surface area contributed by atoms with Crippen LogP contribution < -0.4 is 10.7 Å². The van der Waals surface area contributed by atoms with Crippen LogP contribution in [0.25, 0.3) is 10.2 Å². The molecule has 2 aromatic heterocycles. The van der Waals surface area contributed by atoms with E-state index in [0.29, 0.717) is 29.4 Å². The molecule has 0 saturated carbocycles. The van der Waals surface area contributed by atoms with E-state index in [1.54, 1.807) is 24.4 Å². The first kappa shape index (κ1) is 22.3. The molecule has 3 aromatic rings. The number of rotatable bonds is 7. The summed E-state index contributed by atoms with van der Waals surface area (Å²) in [5.74, 6) is -0.0547. The highest BCUT2D eigenvalue weighted by Crippen LogP contribution is 2.25. The second-order valence-electron chi connectivity index (χ2n) is 7.39. The van der Waals surface area contributed by atoms with Gasteiger partial charge in [-0.2, -0.15) is 0 Å². The Bertz CT molecular complexity index is 1120. The number of carbonyl (C=O) groups excluding carboxylic acids is 1. The fraction of sp³-hybridized carbons (Fsp3) is 0.364.